The van der Waals surface area contributed by atoms with E-state index in [-0.39, 0.29) is 0 Å². The molecule has 32 heavy (non-hydrogen) atoms. The Labute approximate surface area is 194 Å². The molecule has 0 bridgehead atoms. The summed E-state index contributed by atoms with van der Waals surface area (Å²) in [6.45, 7) is 10.5. The van der Waals surface area contributed by atoms with Gasteiger partial charge >= 0.3 is 0 Å². The molecule has 1 atom stereocenters. The van der Waals surface area contributed by atoms with Crippen LogP contribution in [0.15, 0.2) is 70.5 Å². The number of ether oxygens (including phenoxy) is 2. The van der Waals surface area contributed by atoms with Gasteiger partial charge in [0.25, 0.3) is 0 Å². The van der Waals surface area contributed by atoms with Crippen molar-refractivity contribution in [2.24, 2.45) is 4.99 Å². The lowest BCUT2D eigenvalue weighted by Crippen LogP contribution is -2.39. The van der Waals surface area contributed by atoms with Crippen LogP contribution in [0.3, 0.4) is 0 Å². The highest BCUT2D eigenvalue weighted by molar-refractivity contribution is 7.42. The van der Waals surface area contributed by atoms with E-state index in [9.17, 15) is 0 Å². The van der Waals surface area contributed by atoms with Crippen LogP contribution in [0, 0.1) is 0 Å². The number of rotatable bonds is 7. The Morgan fingerprint density at radius 2 is 2.12 bits per heavy atom. The first-order chi connectivity index (χ1) is 15.7. The first kappa shape index (κ1) is 23.0. The zero-order valence-corrected chi connectivity index (χ0v) is 20.2. The Balaban J connectivity index is 1.48. The number of allylic oxidation sites excluding steroid dienone is 5. The second-order valence-electron chi connectivity index (χ2n) is 8.59. The molecule has 4 rings (SSSR count). The molecule has 3 aliphatic rings. The van der Waals surface area contributed by atoms with E-state index >= 15 is 0 Å². The van der Waals surface area contributed by atoms with Crippen molar-refractivity contribution in [1.29, 1.82) is 0 Å². The van der Waals surface area contributed by atoms with E-state index in [1.54, 1.807) is 5.57 Å². The summed E-state index contributed by atoms with van der Waals surface area (Å²) >= 11 is 0. The maximum atomic E-state index is 6.14. The van der Waals surface area contributed by atoms with Crippen LogP contribution in [0.25, 0.3) is 5.70 Å². The van der Waals surface area contributed by atoms with Crippen LogP contribution >= 0.6 is 8.58 Å². The highest BCUT2D eigenvalue weighted by Gasteiger charge is 2.20. The second-order valence-corrected chi connectivity index (χ2v) is 9.68. The monoisotopic (exact) mass is 450 g/mol. The highest BCUT2D eigenvalue weighted by Crippen LogP contribution is 2.37. The van der Waals surface area contributed by atoms with Gasteiger partial charge in [-0.3, -0.25) is 0 Å². The third kappa shape index (κ3) is 6.21. The van der Waals surface area contributed by atoms with Crippen molar-refractivity contribution in [2.75, 3.05) is 39.1 Å². The van der Waals surface area contributed by atoms with Crippen LogP contribution in [0.2, 0.25) is 0 Å². The maximum Gasteiger partial charge on any atom is 0.119 e. The van der Waals surface area contributed by atoms with Crippen LogP contribution in [0.1, 0.15) is 44.6 Å². The predicted molar refractivity (Wildman–Crippen MR) is 137 cm³/mol. The van der Waals surface area contributed by atoms with Crippen molar-refractivity contribution >= 4 is 20.1 Å². The van der Waals surface area contributed by atoms with Gasteiger partial charge in [-0.15, -0.1) is 0 Å². The summed E-state index contributed by atoms with van der Waals surface area (Å²) in [6.07, 6.45) is 11.1. The molecular weight excluding hydrogens is 415 g/mol. The van der Waals surface area contributed by atoms with Crippen molar-refractivity contribution in [3.63, 3.8) is 0 Å². The van der Waals surface area contributed by atoms with Crippen LogP contribution < -0.4 is 4.74 Å². The summed E-state index contributed by atoms with van der Waals surface area (Å²) < 4.78 is 11.6. The predicted octanol–water partition coefficient (Wildman–Crippen LogP) is 6.18. The van der Waals surface area contributed by atoms with Gasteiger partial charge in [-0.2, -0.15) is 0 Å². The zero-order chi connectivity index (χ0) is 22.2. The molecule has 1 saturated carbocycles. The molecule has 1 aromatic rings. The zero-order valence-electron chi connectivity index (χ0n) is 19.2. The third-order valence-electron chi connectivity index (χ3n) is 6.25. The molecule has 0 aromatic heterocycles. The Morgan fingerprint density at radius 1 is 1.25 bits per heavy atom. The minimum Gasteiger partial charge on any atom is -0.494 e. The fourth-order valence-corrected chi connectivity index (χ4v) is 5.32. The molecule has 0 amide bonds. The third-order valence-corrected chi connectivity index (χ3v) is 7.34. The van der Waals surface area contributed by atoms with E-state index in [1.165, 1.54) is 17.3 Å². The Morgan fingerprint density at radius 3 is 2.88 bits per heavy atom. The first-order valence-electron chi connectivity index (χ1n) is 11.8. The van der Waals surface area contributed by atoms with Gasteiger partial charge < -0.3 is 14.4 Å². The molecule has 1 unspecified atom stereocenters. The molecule has 2 aliphatic heterocycles. The van der Waals surface area contributed by atoms with E-state index in [0.717, 1.165) is 96.4 Å². The lowest BCUT2D eigenvalue weighted by molar-refractivity contribution is 0.0678. The van der Waals surface area contributed by atoms with Crippen LogP contribution in [0.4, 0.5) is 0 Å². The van der Waals surface area contributed by atoms with Gasteiger partial charge in [-0.05, 0) is 68.5 Å². The molecule has 1 aliphatic carbocycles. The number of aliphatic imine (C=N–C) groups is 1. The van der Waals surface area contributed by atoms with Gasteiger partial charge in [-0.1, -0.05) is 50.8 Å². The molecule has 170 valence electrons. The van der Waals surface area contributed by atoms with Gasteiger partial charge in [0.2, 0.25) is 0 Å². The van der Waals surface area contributed by atoms with Gasteiger partial charge in [0, 0.05) is 18.7 Å². The van der Waals surface area contributed by atoms with Crippen molar-refractivity contribution in [3.05, 3.63) is 71.1 Å². The summed E-state index contributed by atoms with van der Waals surface area (Å²) in [5.74, 6) is 4.24. The van der Waals surface area contributed by atoms with E-state index in [4.69, 9.17) is 14.5 Å². The standard InChI is InChI=1S/C27H35N2O2P/c1-21-7-3-12-26(21)27(28-22(2)29-13-16-30-17-14-29)24-10-4-11-25(19-24)31-15-5-8-23-9-6-18-32-20-23/h4,6,9-11,18-19,32H,1,3,5,7-8,12-17,20H2,2H3/b27-26-,28-22+. The van der Waals surface area contributed by atoms with Crippen molar-refractivity contribution in [2.45, 2.75) is 39.0 Å². The molecule has 0 radical (unpaired) electrons. The number of hydrogen-bond acceptors (Lipinski definition) is 3. The van der Waals surface area contributed by atoms with Crippen molar-refractivity contribution in [3.8, 4) is 5.75 Å². The lowest BCUT2D eigenvalue weighted by Gasteiger charge is -2.28. The highest BCUT2D eigenvalue weighted by atomic mass is 31.1. The normalized spacial score (nSPS) is 21.8. The fourth-order valence-electron chi connectivity index (χ4n) is 4.41. The number of hydrogen-bond donors (Lipinski definition) is 0. The van der Waals surface area contributed by atoms with Gasteiger partial charge in [0.1, 0.15) is 11.6 Å². The van der Waals surface area contributed by atoms with E-state index in [2.05, 4.69) is 60.6 Å². The molecule has 0 N–H and O–H groups in total. The van der Waals surface area contributed by atoms with Crippen LogP contribution in [-0.4, -0.2) is 49.8 Å². The molecule has 1 aromatic carbocycles. The van der Waals surface area contributed by atoms with Crippen molar-refractivity contribution in [1.82, 2.24) is 4.90 Å². The van der Waals surface area contributed by atoms with Gasteiger partial charge in [0.05, 0.1) is 25.5 Å². The topological polar surface area (TPSA) is 34.1 Å². The summed E-state index contributed by atoms with van der Waals surface area (Å²) in [5.41, 5.74) is 6.24. The lowest BCUT2D eigenvalue weighted by atomic mass is 10.0. The SMILES string of the molecule is C=C1CCC/C1=C(/N=C(\C)N1CCOCC1)c1cccc(OCCCC2=CC=CPC2)c1. The smallest absolute Gasteiger partial charge is 0.119 e. The minimum atomic E-state index is 0.738. The quantitative estimate of drug-likeness (QED) is 0.215. The van der Waals surface area contributed by atoms with Crippen molar-refractivity contribution < 1.29 is 9.47 Å². The molecule has 4 nitrogen and oxygen atoms in total. The number of morpholine rings is 1. The number of nitrogens with zero attached hydrogens (tertiary/aromatic N) is 2. The molecular formula is C27H35N2O2P. The number of amidine groups is 1. The van der Waals surface area contributed by atoms with E-state index in [1.807, 2.05) is 0 Å². The maximum absolute atomic E-state index is 6.14. The summed E-state index contributed by atoms with van der Waals surface area (Å²) in [4.78, 5) is 7.46. The summed E-state index contributed by atoms with van der Waals surface area (Å²) in [5, 5.41) is 0. The summed E-state index contributed by atoms with van der Waals surface area (Å²) in [7, 11) is 0.936. The summed E-state index contributed by atoms with van der Waals surface area (Å²) in [6, 6.07) is 8.43. The Hall–Kier alpha value is -2.16. The van der Waals surface area contributed by atoms with Gasteiger partial charge in [0.15, 0.2) is 0 Å². The minimum absolute atomic E-state index is 0.738. The average molecular weight is 451 g/mol. The van der Waals surface area contributed by atoms with E-state index < -0.39 is 0 Å². The Bertz CT molecular complexity index is 939. The first-order valence-corrected chi connectivity index (χ1v) is 13.1. The Kier molecular flexibility index (Phi) is 8.36. The second kappa shape index (κ2) is 11.6. The number of benzene rings is 1. The largest absolute Gasteiger partial charge is 0.494 e. The van der Waals surface area contributed by atoms with Crippen LogP contribution in [0.5, 0.6) is 5.75 Å². The molecule has 2 fully saturated rings. The average Bonchev–Trinajstić information content (AvgIpc) is 3.27. The molecule has 5 heteroatoms. The molecule has 0 spiro atoms. The van der Waals surface area contributed by atoms with Gasteiger partial charge in [-0.25, -0.2) is 4.99 Å². The van der Waals surface area contributed by atoms with E-state index in [0.29, 0.717) is 0 Å². The molecule has 2 heterocycles. The van der Waals surface area contributed by atoms with Crippen LogP contribution in [-0.2, 0) is 4.74 Å². The fraction of sp³-hybridized carbons (Fsp3) is 0.444. The molecule has 1 saturated heterocycles.